The van der Waals surface area contributed by atoms with Crippen LogP contribution in [-0.2, 0) is 0 Å². The minimum atomic E-state index is -0.162. The molecule has 0 unspecified atom stereocenters. The Morgan fingerprint density at radius 3 is 2.43 bits per heavy atom. The normalized spacial score (nSPS) is 19.5. The molecular formula is C11H14N2O. The Bertz CT molecular complexity index is 328. The van der Waals surface area contributed by atoms with Crippen LogP contribution in [0.3, 0.4) is 0 Å². The summed E-state index contributed by atoms with van der Waals surface area (Å²) in [6.45, 7) is 2.05. The Kier molecular flexibility index (Phi) is 2.32. The molecule has 0 N–H and O–H groups in total. The molecule has 0 amide bonds. The first-order valence-electron chi connectivity index (χ1n) is 5.02. The van der Waals surface area contributed by atoms with Crippen molar-refractivity contribution in [2.75, 3.05) is 0 Å². The average molecular weight is 190 g/mol. The number of hydrogen-bond donors (Lipinski definition) is 0. The van der Waals surface area contributed by atoms with Crippen molar-refractivity contribution in [1.82, 2.24) is 9.97 Å². The molecule has 3 nitrogen and oxygen atoms in total. The van der Waals surface area contributed by atoms with Crippen molar-refractivity contribution in [2.24, 2.45) is 5.41 Å². The highest BCUT2D eigenvalue weighted by molar-refractivity contribution is 5.99. The molecule has 1 fully saturated rings. The molecule has 0 bridgehead atoms. The van der Waals surface area contributed by atoms with Crippen molar-refractivity contribution in [1.29, 1.82) is 0 Å². The molecular weight excluding hydrogens is 176 g/mol. The van der Waals surface area contributed by atoms with Crippen molar-refractivity contribution in [3.63, 3.8) is 0 Å². The predicted octanol–water partition coefficient (Wildman–Crippen LogP) is 2.24. The van der Waals surface area contributed by atoms with Gasteiger partial charge in [-0.05, 0) is 12.8 Å². The molecule has 1 aliphatic carbocycles. The Balaban J connectivity index is 2.24. The van der Waals surface area contributed by atoms with Crippen LogP contribution in [0.2, 0.25) is 0 Å². The van der Waals surface area contributed by atoms with Crippen LogP contribution >= 0.6 is 0 Å². The van der Waals surface area contributed by atoms with Crippen LogP contribution in [0.5, 0.6) is 0 Å². The maximum atomic E-state index is 12.1. The molecule has 1 heterocycles. The van der Waals surface area contributed by atoms with E-state index >= 15 is 0 Å². The van der Waals surface area contributed by atoms with Gasteiger partial charge in [0.25, 0.3) is 0 Å². The standard InChI is InChI=1S/C11H14N2O/c1-11(4-2-3-5-11)10(14)9-6-12-8-13-7-9/h6-8H,2-5H2,1H3. The summed E-state index contributed by atoms with van der Waals surface area (Å²) >= 11 is 0. The lowest BCUT2D eigenvalue weighted by Gasteiger charge is -2.20. The van der Waals surface area contributed by atoms with Gasteiger partial charge in [0.2, 0.25) is 0 Å². The van der Waals surface area contributed by atoms with Gasteiger partial charge in [0.05, 0.1) is 5.56 Å². The van der Waals surface area contributed by atoms with Gasteiger partial charge in [-0.25, -0.2) is 9.97 Å². The molecule has 1 saturated carbocycles. The van der Waals surface area contributed by atoms with Crippen LogP contribution in [0.15, 0.2) is 18.7 Å². The first kappa shape index (κ1) is 9.31. The second kappa shape index (κ2) is 3.48. The number of carbonyl (C=O) groups excluding carboxylic acids is 1. The van der Waals surface area contributed by atoms with E-state index in [-0.39, 0.29) is 11.2 Å². The fourth-order valence-corrected chi connectivity index (χ4v) is 2.15. The maximum Gasteiger partial charge on any atom is 0.171 e. The van der Waals surface area contributed by atoms with E-state index in [0.29, 0.717) is 5.56 Å². The summed E-state index contributed by atoms with van der Waals surface area (Å²) in [5.41, 5.74) is 0.488. The lowest BCUT2D eigenvalue weighted by atomic mass is 9.81. The highest BCUT2D eigenvalue weighted by atomic mass is 16.1. The minimum Gasteiger partial charge on any atom is -0.293 e. The number of aromatic nitrogens is 2. The van der Waals surface area contributed by atoms with Gasteiger partial charge in [0.15, 0.2) is 5.78 Å². The van der Waals surface area contributed by atoms with E-state index in [4.69, 9.17) is 0 Å². The van der Waals surface area contributed by atoms with E-state index in [2.05, 4.69) is 16.9 Å². The predicted molar refractivity (Wildman–Crippen MR) is 52.9 cm³/mol. The minimum absolute atomic E-state index is 0.162. The SMILES string of the molecule is CC1(C(=O)c2cncnc2)CCCC1. The van der Waals surface area contributed by atoms with Crippen LogP contribution in [0, 0.1) is 5.41 Å². The van der Waals surface area contributed by atoms with E-state index in [1.54, 1.807) is 12.4 Å². The van der Waals surface area contributed by atoms with Crippen LogP contribution in [-0.4, -0.2) is 15.8 Å². The highest BCUT2D eigenvalue weighted by Gasteiger charge is 2.36. The first-order chi connectivity index (χ1) is 6.72. The smallest absolute Gasteiger partial charge is 0.171 e. The average Bonchev–Trinajstić information content (AvgIpc) is 2.67. The third kappa shape index (κ3) is 1.54. The van der Waals surface area contributed by atoms with E-state index in [1.165, 1.54) is 6.33 Å². The summed E-state index contributed by atoms with van der Waals surface area (Å²) in [5, 5.41) is 0. The zero-order valence-electron chi connectivity index (χ0n) is 8.36. The van der Waals surface area contributed by atoms with Gasteiger partial charge in [-0.2, -0.15) is 0 Å². The molecule has 1 aromatic heterocycles. The molecule has 74 valence electrons. The summed E-state index contributed by atoms with van der Waals surface area (Å²) in [5.74, 6) is 0.204. The zero-order chi connectivity index (χ0) is 10.0. The van der Waals surface area contributed by atoms with Gasteiger partial charge in [0, 0.05) is 17.8 Å². The Labute approximate surface area is 83.6 Å². The van der Waals surface area contributed by atoms with E-state index in [0.717, 1.165) is 25.7 Å². The van der Waals surface area contributed by atoms with Gasteiger partial charge >= 0.3 is 0 Å². The molecule has 3 heteroatoms. The van der Waals surface area contributed by atoms with Crippen molar-refractivity contribution in [3.05, 3.63) is 24.3 Å². The Hall–Kier alpha value is -1.25. The topological polar surface area (TPSA) is 42.9 Å². The number of hydrogen-bond acceptors (Lipinski definition) is 3. The first-order valence-corrected chi connectivity index (χ1v) is 5.02. The number of Topliss-reactive ketones (excluding diaryl/α,β-unsaturated/α-hetero) is 1. The van der Waals surface area contributed by atoms with E-state index in [1.807, 2.05) is 0 Å². The lowest BCUT2D eigenvalue weighted by Crippen LogP contribution is -2.24. The van der Waals surface area contributed by atoms with Gasteiger partial charge in [-0.1, -0.05) is 19.8 Å². The Morgan fingerprint density at radius 1 is 1.29 bits per heavy atom. The molecule has 0 atom stereocenters. The number of nitrogens with zero attached hydrogens (tertiary/aromatic N) is 2. The summed E-state index contributed by atoms with van der Waals surface area (Å²) in [6.07, 6.45) is 9.00. The summed E-state index contributed by atoms with van der Waals surface area (Å²) < 4.78 is 0. The largest absolute Gasteiger partial charge is 0.293 e. The molecule has 2 rings (SSSR count). The molecule has 0 spiro atoms. The van der Waals surface area contributed by atoms with Crippen LogP contribution in [0.25, 0.3) is 0 Å². The summed E-state index contributed by atoms with van der Waals surface area (Å²) in [4.78, 5) is 19.8. The molecule has 1 aliphatic rings. The van der Waals surface area contributed by atoms with Crippen molar-refractivity contribution in [2.45, 2.75) is 32.6 Å². The number of ketones is 1. The van der Waals surface area contributed by atoms with Gasteiger partial charge < -0.3 is 0 Å². The Morgan fingerprint density at radius 2 is 1.86 bits per heavy atom. The summed E-state index contributed by atoms with van der Waals surface area (Å²) in [6, 6.07) is 0. The molecule has 1 aromatic rings. The fourth-order valence-electron chi connectivity index (χ4n) is 2.15. The number of rotatable bonds is 2. The molecule has 0 saturated heterocycles. The highest BCUT2D eigenvalue weighted by Crippen LogP contribution is 2.39. The van der Waals surface area contributed by atoms with E-state index in [9.17, 15) is 4.79 Å². The van der Waals surface area contributed by atoms with Crippen LogP contribution in [0.1, 0.15) is 43.0 Å². The quantitative estimate of drug-likeness (QED) is 0.672. The second-order valence-electron chi connectivity index (χ2n) is 4.22. The van der Waals surface area contributed by atoms with Gasteiger partial charge in [-0.15, -0.1) is 0 Å². The fraction of sp³-hybridized carbons (Fsp3) is 0.545. The lowest BCUT2D eigenvalue weighted by molar-refractivity contribution is 0.0822. The molecule has 0 aromatic carbocycles. The van der Waals surface area contributed by atoms with Crippen molar-refractivity contribution < 1.29 is 4.79 Å². The van der Waals surface area contributed by atoms with Crippen LogP contribution < -0.4 is 0 Å². The molecule has 0 aliphatic heterocycles. The number of carbonyl (C=O) groups is 1. The van der Waals surface area contributed by atoms with E-state index < -0.39 is 0 Å². The molecule has 14 heavy (non-hydrogen) atoms. The second-order valence-corrected chi connectivity index (χ2v) is 4.22. The molecule has 0 radical (unpaired) electrons. The van der Waals surface area contributed by atoms with Crippen molar-refractivity contribution in [3.8, 4) is 0 Å². The van der Waals surface area contributed by atoms with Crippen molar-refractivity contribution >= 4 is 5.78 Å². The maximum absolute atomic E-state index is 12.1. The van der Waals surface area contributed by atoms with Gasteiger partial charge in [0.1, 0.15) is 6.33 Å². The summed E-state index contributed by atoms with van der Waals surface area (Å²) in [7, 11) is 0. The third-order valence-electron chi connectivity index (χ3n) is 3.08. The zero-order valence-corrected chi connectivity index (χ0v) is 8.36. The van der Waals surface area contributed by atoms with Gasteiger partial charge in [-0.3, -0.25) is 4.79 Å². The monoisotopic (exact) mass is 190 g/mol. The third-order valence-corrected chi connectivity index (χ3v) is 3.08. The van der Waals surface area contributed by atoms with Crippen LogP contribution in [0.4, 0.5) is 0 Å².